The second-order valence-corrected chi connectivity index (χ2v) is 8.48. The molecule has 0 aromatic carbocycles. The Bertz CT molecular complexity index is 992. The lowest BCUT2D eigenvalue weighted by Gasteiger charge is -2.10. The summed E-state index contributed by atoms with van der Waals surface area (Å²) in [7, 11) is 0. The van der Waals surface area contributed by atoms with Crippen LogP contribution < -0.4 is 5.56 Å². The summed E-state index contributed by atoms with van der Waals surface area (Å²) in [5.74, 6) is 0.695. The number of pyridine rings is 1. The number of allylic oxidation sites excluding steroid dienone is 1. The Labute approximate surface area is 161 Å². The van der Waals surface area contributed by atoms with Gasteiger partial charge < -0.3 is 0 Å². The standard InChI is InChI=1S/C20H21N3OS2/c1-2-12-23-19(24)17-15-9-4-3-5-10-16(15)26-18(17)22-20(23)25-13-14-8-6-7-11-21-14/h2,6-8,11H,1,3-5,9-10,12-13H2. The molecule has 0 fully saturated rings. The third kappa shape index (κ3) is 3.35. The van der Waals surface area contributed by atoms with E-state index in [0.29, 0.717) is 12.3 Å². The SMILES string of the molecule is C=CCn1c(SCc2ccccn2)nc2sc3c(c2c1=O)CCCCC3. The maximum atomic E-state index is 13.2. The number of rotatable bonds is 5. The molecule has 6 heteroatoms. The van der Waals surface area contributed by atoms with Crippen LogP contribution in [-0.4, -0.2) is 14.5 Å². The fraction of sp³-hybridized carbons (Fsp3) is 0.350. The molecule has 0 aliphatic heterocycles. The first-order valence-electron chi connectivity index (χ1n) is 8.96. The molecular weight excluding hydrogens is 362 g/mol. The van der Waals surface area contributed by atoms with Gasteiger partial charge in [-0.05, 0) is 43.4 Å². The molecule has 3 aromatic heterocycles. The summed E-state index contributed by atoms with van der Waals surface area (Å²) in [4.78, 5) is 24.7. The number of hydrogen-bond donors (Lipinski definition) is 0. The first-order chi connectivity index (χ1) is 12.8. The zero-order valence-electron chi connectivity index (χ0n) is 14.6. The van der Waals surface area contributed by atoms with Crippen molar-refractivity contribution in [2.75, 3.05) is 0 Å². The maximum Gasteiger partial charge on any atom is 0.263 e. The highest BCUT2D eigenvalue weighted by molar-refractivity contribution is 7.98. The average Bonchev–Trinajstić information content (AvgIpc) is 2.85. The summed E-state index contributed by atoms with van der Waals surface area (Å²) < 4.78 is 1.76. The van der Waals surface area contributed by atoms with Crippen molar-refractivity contribution in [3.8, 4) is 0 Å². The van der Waals surface area contributed by atoms with Crippen LogP contribution in [0.25, 0.3) is 10.2 Å². The van der Waals surface area contributed by atoms with Crippen molar-refractivity contribution in [2.45, 2.75) is 49.6 Å². The van der Waals surface area contributed by atoms with Crippen molar-refractivity contribution in [3.63, 3.8) is 0 Å². The first kappa shape index (κ1) is 17.5. The Morgan fingerprint density at radius 2 is 2.15 bits per heavy atom. The van der Waals surface area contributed by atoms with Gasteiger partial charge in [0.15, 0.2) is 5.16 Å². The predicted octanol–water partition coefficient (Wildman–Crippen LogP) is 4.60. The quantitative estimate of drug-likeness (QED) is 0.280. The van der Waals surface area contributed by atoms with Crippen LogP contribution in [0.2, 0.25) is 0 Å². The number of hydrogen-bond acceptors (Lipinski definition) is 5. The largest absolute Gasteiger partial charge is 0.283 e. The molecule has 0 amide bonds. The van der Waals surface area contributed by atoms with Crippen LogP contribution in [0.15, 0.2) is 47.0 Å². The second-order valence-electron chi connectivity index (χ2n) is 6.45. The van der Waals surface area contributed by atoms with Crippen LogP contribution in [0.5, 0.6) is 0 Å². The van der Waals surface area contributed by atoms with E-state index in [2.05, 4.69) is 11.6 Å². The van der Waals surface area contributed by atoms with E-state index in [1.54, 1.807) is 39.9 Å². The third-order valence-corrected chi connectivity index (χ3v) is 6.87. The van der Waals surface area contributed by atoms with E-state index in [1.165, 1.54) is 23.3 Å². The minimum atomic E-state index is 0.0813. The lowest BCUT2D eigenvalue weighted by molar-refractivity contribution is 0.671. The number of aromatic nitrogens is 3. The minimum absolute atomic E-state index is 0.0813. The molecule has 1 aliphatic rings. The first-order valence-corrected chi connectivity index (χ1v) is 10.8. The molecule has 3 heterocycles. The number of fused-ring (bicyclic) bond motifs is 3. The van der Waals surface area contributed by atoms with Gasteiger partial charge in [-0.15, -0.1) is 17.9 Å². The topological polar surface area (TPSA) is 47.8 Å². The van der Waals surface area contributed by atoms with Crippen LogP contribution in [-0.2, 0) is 25.1 Å². The Hall–Kier alpha value is -1.92. The summed E-state index contributed by atoms with van der Waals surface area (Å²) in [5, 5.41) is 1.60. The highest BCUT2D eigenvalue weighted by Gasteiger charge is 2.21. The second kappa shape index (κ2) is 7.76. The Morgan fingerprint density at radius 3 is 2.96 bits per heavy atom. The normalized spacial score (nSPS) is 14.2. The fourth-order valence-corrected chi connectivity index (χ4v) is 5.65. The highest BCUT2D eigenvalue weighted by atomic mass is 32.2. The summed E-state index contributed by atoms with van der Waals surface area (Å²) in [6, 6.07) is 5.88. The van der Waals surface area contributed by atoms with Crippen LogP contribution in [0.4, 0.5) is 0 Å². The van der Waals surface area contributed by atoms with E-state index >= 15 is 0 Å². The molecular formula is C20H21N3OS2. The molecule has 1 aliphatic carbocycles. The van der Waals surface area contributed by atoms with E-state index < -0.39 is 0 Å². The van der Waals surface area contributed by atoms with E-state index in [4.69, 9.17) is 4.98 Å². The summed E-state index contributed by atoms with van der Waals surface area (Å²) in [6.07, 6.45) is 9.26. The van der Waals surface area contributed by atoms with E-state index in [1.807, 2.05) is 18.2 Å². The highest BCUT2D eigenvalue weighted by Crippen LogP contribution is 2.34. The van der Waals surface area contributed by atoms with Crippen LogP contribution in [0.1, 0.15) is 35.4 Å². The molecule has 0 atom stereocenters. The average molecular weight is 384 g/mol. The van der Waals surface area contributed by atoms with Gasteiger partial charge in [-0.1, -0.05) is 30.3 Å². The molecule has 0 saturated heterocycles. The zero-order valence-corrected chi connectivity index (χ0v) is 16.2. The van der Waals surface area contributed by atoms with E-state index in [-0.39, 0.29) is 5.56 Å². The van der Waals surface area contributed by atoms with E-state index in [0.717, 1.165) is 40.3 Å². The summed E-state index contributed by atoms with van der Waals surface area (Å²) in [6.45, 7) is 4.30. The molecule has 0 spiro atoms. The molecule has 0 unspecified atom stereocenters. The molecule has 0 N–H and O–H groups in total. The lowest BCUT2D eigenvalue weighted by atomic mass is 10.1. The van der Waals surface area contributed by atoms with Crippen molar-refractivity contribution in [1.82, 2.24) is 14.5 Å². The van der Waals surface area contributed by atoms with Crippen molar-refractivity contribution in [2.24, 2.45) is 0 Å². The summed E-state index contributed by atoms with van der Waals surface area (Å²) in [5.41, 5.74) is 2.32. The molecule has 4 nitrogen and oxygen atoms in total. The number of aryl methyl sites for hydroxylation is 2. The predicted molar refractivity (Wildman–Crippen MR) is 109 cm³/mol. The number of nitrogens with zero attached hydrogens (tertiary/aromatic N) is 3. The molecule has 4 rings (SSSR count). The lowest BCUT2D eigenvalue weighted by Crippen LogP contribution is -2.23. The van der Waals surface area contributed by atoms with Crippen molar-refractivity contribution in [1.29, 1.82) is 0 Å². The molecule has 3 aromatic rings. The maximum absolute atomic E-state index is 13.2. The van der Waals surface area contributed by atoms with E-state index in [9.17, 15) is 4.79 Å². The molecule has 0 saturated carbocycles. The fourth-order valence-electron chi connectivity index (χ4n) is 3.42. The third-order valence-electron chi connectivity index (χ3n) is 4.68. The minimum Gasteiger partial charge on any atom is -0.283 e. The molecule has 26 heavy (non-hydrogen) atoms. The smallest absolute Gasteiger partial charge is 0.263 e. The molecule has 0 radical (unpaired) electrons. The Kier molecular flexibility index (Phi) is 5.22. The molecule has 134 valence electrons. The molecule has 0 bridgehead atoms. The van der Waals surface area contributed by atoms with Gasteiger partial charge in [0.1, 0.15) is 4.83 Å². The zero-order chi connectivity index (χ0) is 17.9. The Morgan fingerprint density at radius 1 is 1.27 bits per heavy atom. The number of thiophene rings is 1. The van der Waals surface area contributed by atoms with Crippen molar-refractivity contribution < 1.29 is 0 Å². The number of thioether (sulfide) groups is 1. The van der Waals surface area contributed by atoms with Gasteiger partial charge in [-0.2, -0.15) is 0 Å². The van der Waals surface area contributed by atoms with Gasteiger partial charge in [-0.25, -0.2) is 4.98 Å². The Balaban J connectivity index is 1.78. The van der Waals surface area contributed by atoms with Crippen LogP contribution >= 0.6 is 23.1 Å². The van der Waals surface area contributed by atoms with Crippen molar-refractivity contribution in [3.05, 3.63) is 63.5 Å². The van der Waals surface area contributed by atoms with Gasteiger partial charge in [-0.3, -0.25) is 14.3 Å². The van der Waals surface area contributed by atoms with Crippen LogP contribution in [0.3, 0.4) is 0 Å². The van der Waals surface area contributed by atoms with Crippen LogP contribution in [0, 0.1) is 0 Å². The monoisotopic (exact) mass is 383 g/mol. The van der Waals surface area contributed by atoms with Gasteiger partial charge in [0.2, 0.25) is 0 Å². The van der Waals surface area contributed by atoms with Gasteiger partial charge in [0.25, 0.3) is 5.56 Å². The van der Waals surface area contributed by atoms with Gasteiger partial charge in [0.05, 0.1) is 11.1 Å². The van der Waals surface area contributed by atoms with Gasteiger partial charge in [0, 0.05) is 23.4 Å². The van der Waals surface area contributed by atoms with Crippen molar-refractivity contribution >= 4 is 33.3 Å². The van der Waals surface area contributed by atoms with Gasteiger partial charge >= 0.3 is 0 Å². The summed E-state index contributed by atoms with van der Waals surface area (Å²) >= 11 is 3.28.